The number of carbonyl (C=O) groups is 2. The number of halogens is 1. The van der Waals surface area contributed by atoms with Gasteiger partial charge in [-0.2, -0.15) is 0 Å². The number of rotatable bonds is 7. The number of nitrogens with two attached hydrogens (primary N) is 1. The molecule has 0 saturated heterocycles. The molecule has 1 aliphatic carbocycles. The van der Waals surface area contributed by atoms with Gasteiger partial charge in [0.05, 0.1) is 17.5 Å². The molecule has 114 valence electrons. The van der Waals surface area contributed by atoms with Crippen LogP contribution in [0.2, 0.25) is 5.02 Å². The van der Waals surface area contributed by atoms with Crippen LogP contribution in [0.4, 0.5) is 0 Å². The highest BCUT2D eigenvalue weighted by atomic mass is 35.5. The first-order chi connectivity index (χ1) is 9.97. The summed E-state index contributed by atoms with van der Waals surface area (Å²) >= 11 is 7.14. The average Bonchev–Trinajstić information content (AvgIpc) is 3.13. The molecule has 1 aromatic carbocycles. The fraction of sp³-hybridized carbons (Fsp3) is 0.467. The van der Waals surface area contributed by atoms with Gasteiger partial charge in [0.1, 0.15) is 0 Å². The molecule has 0 spiro atoms. The summed E-state index contributed by atoms with van der Waals surface area (Å²) in [5, 5.41) is 3.75. The van der Waals surface area contributed by atoms with Gasteiger partial charge in [-0.3, -0.25) is 9.59 Å². The molecular formula is C15H19ClN2O2S. The molecule has 3 atom stereocenters. The number of hydrogen-bond acceptors (Lipinski definition) is 3. The van der Waals surface area contributed by atoms with Gasteiger partial charge in [-0.25, -0.2) is 0 Å². The van der Waals surface area contributed by atoms with Gasteiger partial charge >= 0.3 is 0 Å². The van der Waals surface area contributed by atoms with Crippen LogP contribution in [0.3, 0.4) is 0 Å². The molecule has 0 aromatic heterocycles. The monoisotopic (exact) mass is 326 g/mol. The van der Waals surface area contributed by atoms with E-state index in [0.717, 1.165) is 12.0 Å². The summed E-state index contributed by atoms with van der Waals surface area (Å²) in [6, 6.07) is 7.60. The predicted molar refractivity (Wildman–Crippen MR) is 86.1 cm³/mol. The zero-order valence-corrected chi connectivity index (χ0v) is 13.4. The molecule has 0 radical (unpaired) electrons. The van der Waals surface area contributed by atoms with E-state index in [1.165, 1.54) is 11.8 Å². The van der Waals surface area contributed by atoms with Gasteiger partial charge < -0.3 is 11.1 Å². The standard InChI is InChI=1S/C15H19ClN2O2S/c1-9-6-12(9)15(10-2-4-11(16)5-3-10)18-14(20)8-21-7-13(17)19/h2-5,9,12,15H,6-8H2,1H3,(H2,17,19)(H,18,20)/t9-,12-,15+/m1/s1. The Kier molecular flexibility index (Phi) is 5.53. The Balaban J connectivity index is 1.95. The van der Waals surface area contributed by atoms with Crippen molar-refractivity contribution in [3.63, 3.8) is 0 Å². The van der Waals surface area contributed by atoms with Crippen LogP contribution in [0.15, 0.2) is 24.3 Å². The summed E-state index contributed by atoms with van der Waals surface area (Å²) in [7, 11) is 0. The molecule has 1 saturated carbocycles. The summed E-state index contributed by atoms with van der Waals surface area (Å²) in [5.41, 5.74) is 6.13. The van der Waals surface area contributed by atoms with Crippen molar-refractivity contribution in [3.05, 3.63) is 34.9 Å². The lowest BCUT2D eigenvalue weighted by Crippen LogP contribution is -2.32. The fourth-order valence-corrected chi connectivity index (χ4v) is 3.08. The maximum Gasteiger partial charge on any atom is 0.230 e. The van der Waals surface area contributed by atoms with Gasteiger partial charge in [-0.05, 0) is 36.0 Å². The van der Waals surface area contributed by atoms with Crippen LogP contribution in [0.5, 0.6) is 0 Å². The highest BCUT2D eigenvalue weighted by molar-refractivity contribution is 8.00. The van der Waals surface area contributed by atoms with Gasteiger partial charge in [-0.15, -0.1) is 11.8 Å². The first-order valence-corrected chi connectivity index (χ1v) is 8.41. The van der Waals surface area contributed by atoms with Crippen molar-refractivity contribution < 1.29 is 9.59 Å². The maximum atomic E-state index is 12.0. The van der Waals surface area contributed by atoms with E-state index in [-0.39, 0.29) is 23.5 Å². The fourth-order valence-electron chi connectivity index (χ4n) is 2.38. The third-order valence-electron chi connectivity index (χ3n) is 3.62. The van der Waals surface area contributed by atoms with E-state index in [2.05, 4.69) is 12.2 Å². The van der Waals surface area contributed by atoms with Gasteiger partial charge in [-0.1, -0.05) is 30.7 Å². The van der Waals surface area contributed by atoms with Crippen molar-refractivity contribution in [1.82, 2.24) is 5.32 Å². The van der Waals surface area contributed by atoms with E-state index in [9.17, 15) is 9.59 Å². The molecule has 2 amide bonds. The molecule has 2 rings (SSSR count). The van der Waals surface area contributed by atoms with Crippen LogP contribution in [0, 0.1) is 11.8 Å². The number of amides is 2. The first-order valence-electron chi connectivity index (χ1n) is 6.88. The Morgan fingerprint density at radius 2 is 2.00 bits per heavy atom. The average molecular weight is 327 g/mol. The van der Waals surface area contributed by atoms with E-state index in [4.69, 9.17) is 17.3 Å². The van der Waals surface area contributed by atoms with E-state index in [1.807, 2.05) is 24.3 Å². The van der Waals surface area contributed by atoms with Crippen molar-refractivity contribution in [2.24, 2.45) is 17.6 Å². The normalized spacial score (nSPS) is 21.6. The molecule has 1 fully saturated rings. The minimum Gasteiger partial charge on any atom is -0.369 e. The molecule has 1 aliphatic rings. The van der Waals surface area contributed by atoms with Crippen molar-refractivity contribution in [2.75, 3.05) is 11.5 Å². The summed E-state index contributed by atoms with van der Waals surface area (Å²) in [4.78, 5) is 22.7. The predicted octanol–water partition coefficient (Wildman–Crippen LogP) is 2.37. The maximum absolute atomic E-state index is 12.0. The molecule has 4 nitrogen and oxygen atoms in total. The van der Waals surface area contributed by atoms with Gasteiger partial charge in [0, 0.05) is 5.02 Å². The second-order valence-corrected chi connectivity index (χ2v) is 6.85. The number of nitrogens with one attached hydrogen (secondary N) is 1. The van der Waals surface area contributed by atoms with Crippen LogP contribution in [-0.2, 0) is 9.59 Å². The van der Waals surface area contributed by atoms with E-state index < -0.39 is 5.91 Å². The molecule has 1 aromatic rings. The number of primary amides is 1. The third kappa shape index (κ3) is 4.93. The lowest BCUT2D eigenvalue weighted by Gasteiger charge is -2.19. The van der Waals surface area contributed by atoms with Crippen LogP contribution < -0.4 is 11.1 Å². The molecule has 0 aliphatic heterocycles. The zero-order chi connectivity index (χ0) is 15.4. The Morgan fingerprint density at radius 1 is 1.38 bits per heavy atom. The summed E-state index contributed by atoms with van der Waals surface area (Å²) < 4.78 is 0. The molecule has 3 N–H and O–H groups in total. The summed E-state index contributed by atoms with van der Waals surface area (Å²) in [6.07, 6.45) is 1.11. The van der Waals surface area contributed by atoms with Crippen molar-refractivity contribution >= 4 is 35.2 Å². The Morgan fingerprint density at radius 3 is 2.52 bits per heavy atom. The molecular weight excluding hydrogens is 308 g/mol. The molecule has 21 heavy (non-hydrogen) atoms. The topological polar surface area (TPSA) is 72.2 Å². The Bertz CT molecular complexity index is 521. The van der Waals surface area contributed by atoms with E-state index in [1.54, 1.807) is 0 Å². The van der Waals surface area contributed by atoms with Gasteiger partial charge in [0.2, 0.25) is 11.8 Å². The molecule has 0 unspecified atom stereocenters. The lowest BCUT2D eigenvalue weighted by molar-refractivity contribution is -0.119. The SMILES string of the molecule is C[C@@H]1C[C@H]1[C@@H](NC(=O)CSCC(N)=O)c1ccc(Cl)cc1. The number of benzene rings is 1. The van der Waals surface area contributed by atoms with Gasteiger partial charge in [0.25, 0.3) is 0 Å². The van der Waals surface area contributed by atoms with Crippen molar-refractivity contribution in [1.29, 1.82) is 0 Å². The molecule has 0 bridgehead atoms. The first kappa shape index (κ1) is 16.2. The Labute approximate surface area is 133 Å². The molecule has 6 heteroatoms. The highest BCUT2D eigenvalue weighted by Crippen LogP contribution is 2.47. The summed E-state index contributed by atoms with van der Waals surface area (Å²) in [5.74, 6) is 1.02. The second kappa shape index (κ2) is 7.18. The van der Waals surface area contributed by atoms with Crippen molar-refractivity contribution in [2.45, 2.75) is 19.4 Å². The quantitative estimate of drug-likeness (QED) is 0.808. The lowest BCUT2D eigenvalue weighted by atomic mass is 10.0. The van der Waals surface area contributed by atoms with Gasteiger partial charge in [0.15, 0.2) is 0 Å². The number of carbonyl (C=O) groups excluding carboxylic acids is 2. The smallest absolute Gasteiger partial charge is 0.230 e. The summed E-state index contributed by atoms with van der Waals surface area (Å²) in [6.45, 7) is 2.18. The minimum atomic E-state index is -0.405. The third-order valence-corrected chi connectivity index (χ3v) is 4.83. The Hall–Kier alpha value is -1.20. The number of thioether (sulfide) groups is 1. The van der Waals surface area contributed by atoms with Crippen LogP contribution >= 0.6 is 23.4 Å². The zero-order valence-electron chi connectivity index (χ0n) is 11.8. The second-order valence-electron chi connectivity index (χ2n) is 5.43. The largest absolute Gasteiger partial charge is 0.369 e. The van der Waals surface area contributed by atoms with Crippen LogP contribution in [-0.4, -0.2) is 23.3 Å². The molecule has 0 heterocycles. The highest BCUT2D eigenvalue weighted by Gasteiger charge is 2.40. The number of hydrogen-bond donors (Lipinski definition) is 2. The van der Waals surface area contributed by atoms with Crippen LogP contribution in [0.1, 0.15) is 24.9 Å². The van der Waals surface area contributed by atoms with E-state index >= 15 is 0 Å². The minimum absolute atomic E-state index is 0.0129. The van der Waals surface area contributed by atoms with Crippen molar-refractivity contribution in [3.8, 4) is 0 Å². The van der Waals surface area contributed by atoms with Crippen LogP contribution in [0.25, 0.3) is 0 Å². The van der Waals surface area contributed by atoms with E-state index in [0.29, 0.717) is 16.9 Å².